The van der Waals surface area contributed by atoms with Gasteiger partial charge in [0.05, 0.1) is 16.3 Å². The maximum atomic E-state index is 12.0. The molecular formula is C16H15ClN2O3. The van der Waals surface area contributed by atoms with Crippen molar-refractivity contribution in [2.24, 2.45) is 0 Å². The van der Waals surface area contributed by atoms with Crippen molar-refractivity contribution in [2.45, 2.75) is 13.0 Å². The molecule has 0 spiro atoms. The molecule has 0 bridgehead atoms. The SMILES string of the molecule is C[C@H](OC(=O)c1ccc(Cl)c(N)c1)C(=O)Nc1ccccc1. The molecule has 0 saturated heterocycles. The minimum Gasteiger partial charge on any atom is -0.449 e. The number of nitrogens with two attached hydrogens (primary N) is 1. The van der Waals surface area contributed by atoms with Crippen LogP contribution in [-0.4, -0.2) is 18.0 Å². The average molecular weight is 319 g/mol. The molecule has 22 heavy (non-hydrogen) atoms. The summed E-state index contributed by atoms with van der Waals surface area (Å²) >= 11 is 5.79. The van der Waals surface area contributed by atoms with Crippen molar-refractivity contribution in [1.82, 2.24) is 0 Å². The summed E-state index contributed by atoms with van der Waals surface area (Å²) < 4.78 is 5.12. The van der Waals surface area contributed by atoms with Gasteiger partial charge in [0.15, 0.2) is 6.10 Å². The number of hydrogen-bond acceptors (Lipinski definition) is 4. The van der Waals surface area contributed by atoms with Gasteiger partial charge in [0.25, 0.3) is 5.91 Å². The van der Waals surface area contributed by atoms with Crippen LogP contribution < -0.4 is 11.1 Å². The zero-order valence-electron chi connectivity index (χ0n) is 11.9. The van der Waals surface area contributed by atoms with Gasteiger partial charge in [0.2, 0.25) is 0 Å². The molecule has 1 amide bonds. The van der Waals surface area contributed by atoms with E-state index in [0.29, 0.717) is 10.7 Å². The lowest BCUT2D eigenvalue weighted by Crippen LogP contribution is -2.30. The quantitative estimate of drug-likeness (QED) is 0.670. The lowest BCUT2D eigenvalue weighted by atomic mass is 10.2. The smallest absolute Gasteiger partial charge is 0.338 e. The molecule has 0 fully saturated rings. The number of nitrogens with one attached hydrogen (secondary N) is 1. The molecule has 2 aromatic carbocycles. The van der Waals surface area contributed by atoms with Crippen LogP contribution in [0.3, 0.4) is 0 Å². The monoisotopic (exact) mass is 318 g/mol. The minimum absolute atomic E-state index is 0.237. The standard InChI is InChI=1S/C16H15ClN2O3/c1-10(15(20)19-12-5-3-2-4-6-12)22-16(21)11-7-8-13(17)14(18)9-11/h2-10H,18H2,1H3,(H,19,20)/t10-/m0/s1. The first-order valence-electron chi connectivity index (χ1n) is 6.59. The van der Waals surface area contributed by atoms with E-state index in [-0.39, 0.29) is 11.3 Å². The van der Waals surface area contributed by atoms with E-state index >= 15 is 0 Å². The molecule has 0 saturated carbocycles. The normalized spacial score (nSPS) is 11.5. The largest absolute Gasteiger partial charge is 0.449 e. The van der Waals surface area contributed by atoms with Gasteiger partial charge in [0.1, 0.15) is 0 Å². The molecule has 114 valence electrons. The number of rotatable bonds is 4. The zero-order valence-corrected chi connectivity index (χ0v) is 12.6. The number of carbonyl (C=O) groups excluding carboxylic acids is 2. The minimum atomic E-state index is -0.940. The van der Waals surface area contributed by atoms with E-state index in [2.05, 4.69) is 5.32 Å². The molecule has 2 aromatic rings. The Kier molecular flexibility index (Phi) is 5.01. The second-order valence-electron chi connectivity index (χ2n) is 4.64. The molecule has 0 aliphatic carbocycles. The van der Waals surface area contributed by atoms with E-state index in [4.69, 9.17) is 22.1 Å². The number of amides is 1. The Morgan fingerprint density at radius 1 is 1.18 bits per heavy atom. The second-order valence-corrected chi connectivity index (χ2v) is 5.05. The molecule has 5 nitrogen and oxygen atoms in total. The van der Waals surface area contributed by atoms with Crippen LogP contribution in [0.15, 0.2) is 48.5 Å². The number of benzene rings is 2. The lowest BCUT2D eigenvalue weighted by molar-refractivity contribution is -0.123. The van der Waals surface area contributed by atoms with E-state index in [1.807, 2.05) is 6.07 Å². The third-order valence-electron chi connectivity index (χ3n) is 2.93. The number of nitrogen functional groups attached to an aromatic ring is 1. The van der Waals surface area contributed by atoms with Crippen molar-refractivity contribution in [3.8, 4) is 0 Å². The molecule has 0 aliphatic rings. The molecule has 0 radical (unpaired) electrons. The molecule has 1 atom stereocenters. The maximum Gasteiger partial charge on any atom is 0.338 e. The van der Waals surface area contributed by atoms with E-state index < -0.39 is 18.0 Å². The molecule has 3 N–H and O–H groups in total. The Bertz CT molecular complexity index is 689. The van der Waals surface area contributed by atoms with Crippen molar-refractivity contribution in [3.05, 3.63) is 59.1 Å². The van der Waals surface area contributed by atoms with Crippen LogP contribution in [0.1, 0.15) is 17.3 Å². The van der Waals surface area contributed by atoms with Gasteiger partial charge in [-0.1, -0.05) is 29.8 Å². The van der Waals surface area contributed by atoms with Crippen molar-refractivity contribution in [3.63, 3.8) is 0 Å². The number of anilines is 2. The average Bonchev–Trinajstić information content (AvgIpc) is 2.50. The molecule has 2 rings (SSSR count). The van der Waals surface area contributed by atoms with Crippen molar-refractivity contribution >= 4 is 34.9 Å². The third kappa shape index (κ3) is 3.99. The van der Waals surface area contributed by atoms with Crippen molar-refractivity contribution in [1.29, 1.82) is 0 Å². The molecule has 0 aliphatic heterocycles. The predicted octanol–water partition coefficient (Wildman–Crippen LogP) is 3.11. The number of ether oxygens (including phenoxy) is 1. The maximum absolute atomic E-state index is 12.0. The highest BCUT2D eigenvalue weighted by Crippen LogP contribution is 2.20. The highest BCUT2D eigenvalue weighted by atomic mass is 35.5. The Morgan fingerprint density at radius 2 is 1.86 bits per heavy atom. The number of hydrogen-bond donors (Lipinski definition) is 2. The highest BCUT2D eigenvalue weighted by Gasteiger charge is 2.19. The molecule has 0 aromatic heterocycles. The molecule has 0 unspecified atom stereocenters. The summed E-state index contributed by atoms with van der Waals surface area (Å²) in [6.07, 6.45) is -0.940. The number of para-hydroxylation sites is 1. The Morgan fingerprint density at radius 3 is 2.50 bits per heavy atom. The van der Waals surface area contributed by atoms with E-state index in [0.717, 1.165) is 0 Å². The third-order valence-corrected chi connectivity index (χ3v) is 3.27. The number of esters is 1. The summed E-state index contributed by atoms with van der Waals surface area (Å²) in [6, 6.07) is 13.3. The van der Waals surface area contributed by atoms with Gasteiger partial charge in [-0.05, 0) is 37.3 Å². The fraction of sp³-hybridized carbons (Fsp3) is 0.125. The van der Waals surface area contributed by atoms with Crippen LogP contribution in [-0.2, 0) is 9.53 Å². The van der Waals surface area contributed by atoms with Gasteiger partial charge < -0.3 is 15.8 Å². The summed E-state index contributed by atoms with van der Waals surface area (Å²) in [7, 11) is 0. The van der Waals surface area contributed by atoms with Gasteiger partial charge in [-0.15, -0.1) is 0 Å². The van der Waals surface area contributed by atoms with E-state index in [1.54, 1.807) is 24.3 Å². The lowest BCUT2D eigenvalue weighted by Gasteiger charge is -2.13. The number of halogens is 1. The first-order chi connectivity index (χ1) is 10.5. The van der Waals surface area contributed by atoms with Crippen LogP contribution in [0, 0.1) is 0 Å². The van der Waals surface area contributed by atoms with Gasteiger partial charge >= 0.3 is 5.97 Å². The molecule has 0 heterocycles. The molecular weight excluding hydrogens is 304 g/mol. The van der Waals surface area contributed by atoms with Crippen LogP contribution in [0.2, 0.25) is 5.02 Å². The van der Waals surface area contributed by atoms with Crippen LogP contribution in [0.4, 0.5) is 11.4 Å². The van der Waals surface area contributed by atoms with Gasteiger partial charge in [0, 0.05) is 5.69 Å². The fourth-order valence-electron chi connectivity index (χ4n) is 1.72. The van der Waals surface area contributed by atoms with E-state index in [9.17, 15) is 9.59 Å². The van der Waals surface area contributed by atoms with Crippen molar-refractivity contribution in [2.75, 3.05) is 11.1 Å². The zero-order chi connectivity index (χ0) is 16.1. The highest BCUT2D eigenvalue weighted by molar-refractivity contribution is 6.33. The first kappa shape index (κ1) is 15.9. The van der Waals surface area contributed by atoms with Gasteiger partial charge in [-0.25, -0.2) is 4.79 Å². The summed E-state index contributed by atoms with van der Waals surface area (Å²) in [5, 5.41) is 3.01. The predicted molar refractivity (Wildman–Crippen MR) is 85.8 cm³/mol. The summed E-state index contributed by atoms with van der Waals surface area (Å²) in [5.41, 5.74) is 6.78. The van der Waals surface area contributed by atoms with Crippen LogP contribution in [0.25, 0.3) is 0 Å². The topological polar surface area (TPSA) is 81.4 Å². The van der Waals surface area contributed by atoms with Crippen molar-refractivity contribution < 1.29 is 14.3 Å². The Labute approximate surface area is 133 Å². The Balaban J connectivity index is 1.98. The fourth-order valence-corrected chi connectivity index (χ4v) is 1.84. The van der Waals surface area contributed by atoms with Gasteiger partial charge in [-0.2, -0.15) is 0 Å². The second kappa shape index (κ2) is 6.95. The number of carbonyl (C=O) groups is 2. The summed E-state index contributed by atoms with van der Waals surface area (Å²) in [6.45, 7) is 1.50. The van der Waals surface area contributed by atoms with E-state index in [1.165, 1.54) is 25.1 Å². The molecule has 6 heteroatoms. The van der Waals surface area contributed by atoms with Gasteiger partial charge in [-0.3, -0.25) is 4.79 Å². The van der Waals surface area contributed by atoms with Crippen LogP contribution in [0.5, 0.6) is 0 Å². The summed E-state index contributed by atoms with van der Waals surface area (Å²) in [5.74, 6) is -1.06. The summed E-state index contributed by atoms with van der Waals surface area (Å²) in [4.78, 5) is 23.9. The van der Waals surface area contributed by atoms with Crippen LogP contribution >= 0.6 is 11.6 Å². The first-order valence-corrected chi connectivity index (χ1v) is 6.97. The Hall–Kier alpha value is -2.53.